The first-order valence-electron chi connectivity index (χ1n) is 2.95. The summed E-state index contributed by atoms with van der Waals surface area (Å²) in [7, 11) is 0. The molecule has 0 heterocycles. The van der Waals surface area contributed by atoms with Crippen molar-refractivity contribution in [1.29, 1.82) is 0 Å². The molecular weight excluding hydrogens is 72.1 g/mol. The number of rotatable bonds is 0. The number of fused-ring (bicyclic) bond motifs is 1. The van der Waals surface area contributed by atoms with E-state index in [9.17, 15) is 0 Å². The van der Waals surface area contributed by atoms with Crippen molar-refractivity contribution in [1.82, 2.24) is 0 Å². The fraction of sp³-hybridized carbons (Fsp3) is 1.00. The van der Waals surface area contributed by atoms with Gasteiger partial charge in [-0.15, -0.1) is 0 Å². The van der Waals surface area contributed by atoms with Crippen molar-refractivity contribution in [2.24, 2.45) is 11.8 Å². The van der Waals surface area contributed by atoms with Gasteiger partial charge in [0.1, 0.15) is 0 Å². The molecule has 3 fully saturated rings. The summed E-state index contributed by atoms with van der Waals surface area (Å²) in [6.45, 7) is 0. The molecule has 0 nitrogen and oxygen atoms in total. The predicted octanol–water partition coefficient (Wildman–Crippen LogP) is 1.81. The van der Waals surface area contributed by atoms with Gasteiger partial charge in [-0.2, -0.15) is 0 Å². The van der Waals surface area contributed by atoms with Crippen LogP contribution in [0.1, 0.15) is 25.7 Å². The Kier molecular flexibility index (Phi) is 0.408. The lowest BCUT2D eigenvalue weighted by molar-refractivity contribution is 0.304. The summed E-state index contributed by atoms with van der Waals surface area (Å²) < 4.78 is 0. The Labute approximate surface area is 38.6 Å². The first kappa shape index (κ1) is 3.06. The minimum Gasteiger partial charge on any atom is -0.0502 e. The third-order valence-electron chi connectivity index (χ3n) is 2.32. The highest BCUT2D eigenvalue weighted by Gasteiger charge is 2.35. The third-order valence-corrected chi connectivity index (χ3v) is 2.32. The van der Waals surface area contributed by atoms with E-state index in [1.807, 2.05) is 0 Å². The maximum absolute atomic E-state index is 1.58. The molecule has 0 heteroatoms. The molecule has 3 saturated carbocycles. The fourth-order valence-electron chi connectivity index (χ4n) is 1.82. The number of hydrogen-bond acceptors (Lipinski definition) is 0. The van der Waals surface area contributed by atoms with E-state index < -0.39 is 0 Å². The van der Waals surface area contributed by atoms with Gasteiger partial charge in [-0.05, 0) is 24.7 Å². The van der Waals surface area contributed by atoms with Crippen LogP contribution in [0.4, 0.5) is 0 Å². The van der Waals surface area contributed by atoms with Crippen LogP contribution < -0.4 is 0 Å². The van der Waals surface area contributed by atoms with E-state index in [0.717, 1.165) is 0 Å². The highest BCUT2D eigenvalue weighted by atomic mass is 14.4. The van der Waals surface area contributed by atoms with Gasteiger partial charge >= 0.3 is 0 Å². The van der Waals surface area contributed by atoms with Crippen molar-refractivity contribution < 1.29 is 0 Å². The van der Waals surface area contributed by atoms with E-state index >= 15 is 0 Å². The highest BCUT2D eigenvalue weighted by molar-refractivity contribution is 4.87. The van der Waals surface area contributed by atoms with Crippen molar-refractivity contribution in [2.45, 2.75) is 25.7 Å². The zero-order chi connectivity index (χ0) is 3.98. The van der Waals surface area contributed by atoms with Crippen molar-refractivity contribution in [3.8, 4) is 0 Å². The number of hydrogen-bond donors (Lipinski definition) is 0. The second-order valence-electron chi connectivity index (χ2n) is 2.78. The molecule has 3 rings (SSSR count). The molecule has 0 unspecified atom stereocenters. The standard InChI is InChI=1S/C6H10/c1-2-6-3-5(1)4-6/h5-6H,1-4H2. The van der Waals surface area contributed by atoms with Gasteiger partial charge in [-0.1, -0.05) is 12.8 Å². The molecule has 34 valence electrons. The molecule has 0 saturated heterocycles. The first-order valence-corrected chi connectivity index (χ1v) is 2.95. The first-order chi connectivity index (χ1) is 2.95. The molecule has 0 amide bonds. The van der Waals surface area contributed by atoms with E-state index in [1.54, 1.807) is 25.7 Å². The second-order valence-corrected chi connectivity index (χ2v) is 2.78. The van der Waals surface area contributed by atoms with Gasteiger partial charge < -0.3 is 0 Å². The summed E-state index contributed by atoms with van der Waals surface area (Å²) in [5.41, 5.74) is 0. The Balaban J connectivity index is 2.16. The Morgan fingerprint density at radius 3 is 1.50 bits per heavy atom. The van der Waals surface area contributed by atoms with E-state index in [1.165, 1.54) is 11.8 Å². The summed E-state index contributed by atoms with van der Waals surface area (Å²) in [4.78, 5) is 0. The quantitative estimate of drug-likeness (QED) is 0.418. The largest absolute Gasteiger partial charge is 0.0502 e. The van der Waals surface area contributed by atoms with Gasteiger partial charge in [-0.25, -0.2) is 0 Å². The topological polar surface area (TPSA) is 0 Å². The van der Waals surface area contributed by atoms with Crippen LogP contribution in [0.25, 0.3) is 0 Å². The predicted molar refractivity (Wildman–Crippen MR) is 25.4 cm³/mol. The van der Waals surface area contributed by atoms with Crippen LogP contribution in [0.15, 0.2) is 0 Å². The third kappa shape index (κ3) is 0.213. The van der Waals surface area contributed by atoms with Gasteiger partial charge in [0, 0.05) is 0 Å². The van der Waals surface area contributed by atoms with Crippen molar-refractivity contribution in [3.63, 3.8) is 0 Å². The van der Waals surface area contributed by atoms with Crippen LogP contribution in [0.3, 0.4) is 0 Å². The lowest BCUT2D eigenvalue weighted by Crippen LogP contribution is -2.09. The zero-order valence-corrected chi connectivity index (χ0v) is 3.98. The summed E-state index contributed by atoms with van der Waals surface area (Å²) >= 11 is 0. The molecule has 2 bridgehead atoms. The molecule has 0 aromatic carbocycles. The maximum Gasteiger partial charge on any atom is -0.0409 e. The molecule has 0 aliphatic heterocycles. The molecule has 6 heavy (non-hydrogen) atoms. The van der Waals surface area contributed by atoms with Crippen LogP contribution in [0.2, 0.25) is 0 Å². The molecule has 0 N–H and O–H groups in total. The molecule has 0 aromatic heterocycles. The van der Waals surface area contributed by atoms with E-state index in [4.69, 9.17) is 0 Å². The van der Waals surface area contributed by atoms with Crippen molar-refractivity contribution in [3.05, 3.63) is 0 Å². The SMILES string of the molecule is C1CC2CC1C2. The van der Waals surface area contributed by atoms with E-state index in [0.29, 0.717) is 0 Å². The van der Waals surface area contributed by atoms with Crippen LogP contribution in [0.5, 0.6) is 0 Å². The minimum atomic E-state index is 1.19. The lowest BCUT2D eigenvalue weighted by Gasteiger charge is -2.21. The van der Waals surface area contributed by atoms with E-state index in [2.05, 4.69) is 0 Å². The zero-order valence-electron chi connectivity index (χ0n) is 3.98. The normalized spacial score (nSPS) is 52.0. The molecule has 0 aromatic rings. The molecular formula is C6H10. The molecule has 0 spiro atoms. The minimum absolute atomic E-state index is 1.19. The average Bonchev–Trinajstić information content (AvgIpc) is 1.72. The van der Waals surface area contributed by atoms with Gasteiger partial charge in [0.25, 0.3) is 0 Å². The molecule has 0 radical (unpaired) electrons. The van der Waals surface area contributed by atoms with Crippen LogP contribution in [0, 0.1) is 11.8 Å². The summed E-state index contributed by atoms with van der Waals surface area (Å²) in [5.74, 6) is 2.38. The van der Waals surface area contributed by atoms with Crippen molar-refractivity contribution >= 4 is 0 Å². The molecule has 0 atom stereocenters. The van der Waals surface area contributed by atoms with Gasteiger partial charge in [-0.3, -0.25) is 0 Å². The molecule has 3 aliphatic rings. The molecule has 3 aliphatic carbocycles. The van der Waals surface area contributed by atoms with Crippen LogP contribution >= 0.6 is 0 Å². The summed E-state index contributed by atoms with van der Waals surface area (Å²) in [6, 6.07) is 0. The fourth-order valence-corrected chi connectivity index (χ4v) is 1.82. The maximum atomic E-state index is 1.58. The van der Waals surface area contributed by atoms with Gasteiger partial charge in [0.05, 0.1) is 0 Å². The average molecular weight is 82.1 g/mol. The second kappa shape index (κ2) is 0.800. The summed E-state index contributed by atoms with van der Waals surface area (Å²) in [5, 5.41) is 0. The van der Waals surface area contributed by atoms with Crippen molar-refractivity contribution in [2.75, 3.05) is 0 Å². The Bertz CT molecular complexity index is 46.9. The van der Waals surface area contributed by atoms with Crippen LogP contribution in [-0.2, 0) is 0 Å². The van der Waals surface area contributed by atoms with E-state index in [-0.39, 0.29) is 0 Å². The van der Waals surface area contributed by atoms with Crippen LogP contribution in [-0.4, -0.2) is 0 Å². The Morgan fingerprint density at radius 2 is 1.33 bits per heavy atom. The Hall–Kier alpha value is 0. The van der Waals surface area contributed by atoms with Gasteiger partial charge in [0.15, 0.2) is 0 Å². The highest BCUT2D eigenvalue weighted by Crippen LogP contribution is 2.47. The summed E-state index contributed by atoms with van der Waals surface area (Å²) in [6.07, 6.45) is 6.29. The van der Waals surface area contributed by atoms with Gasteiger partial charge in [0.2, 0.25) is 0 Å². The lowest BCUT2D eigenvalue weighted by atomic mass is 9.85. The smallest absolute Gasteiger partial charge is 0.0409 e. The Morgan fingerprint density at radius 1 is 0.833 bits per heavy atom. The monoisotopic (exact) mass is 82.1 g/mol.